The third-order valence-corrected chi connectivity index (χ3v) is 5.61. The molecule has 4 aromatic rings. The van der Waals surface area contributed by atoms with Crippen LogP contribution in [0, 0.1) is 0 Å². The molecule has 3 heterocycles. The number of pyridine rings is 1. The van der Waals surface area contributed by atoms with Crippen LogP contribution in [0.1, 0.15) is 15.9 Å². The van der Waals surface area contributed by atoms with E-state index in [1.165, 1.54) is 6.33 Å². The maximum atomic E-state index is 11.8. The Morgan fingerprint density at radius 3 is 2.72 bits per heavy atom. The number of anilines is 2. The van der Waals surface area contributed by atoms with Gasteiger partial charge in [0.1, 0.15) is 17.3 Å². The summed E-state index contributed by atoms with van der Waals surface area (Å²) in [6.45, 7) is 0.533. The number of aromatic nitrogens is 3. The first-order valence-electron chi connectivity index (χ1n) is 8.88. The molecule has 4 N–H and O–H groups in total. The molecule has 0 spiro atoms. The van der Waals surface area contributed by atoms with Crippen molar-refractivity contribution in [2.75, 3.05) is 5.32 Å². The number of fused-ring (bicyclic) bond motifs is 2. The van der Waals surface area contributed by atoms with E-state index in [-0.39, 0.29) is 5.91 Å². The second-order valence-corrected chi connectivity index (χ2v) is 7.70. The number of rotatable bonds is 4. The molecule has 144 valence electrons. The molecule has 0 bridgehead atoms. The van der Waals surface area contributed by atoms with E-state index in [1.807, 2.05) is 42.5 Å². The number of nitrogens with one attached hydrogen (secondary N) is 2. The summed E-state index contributed by atoms with van der Waals surface area (Å²) in [5.41, 5.74) is 5.79. The second-order valence-electron chi connectivity index (χ2n) is 6.63. The van der Waals surface area contributed by atoms with E-state index in [4.69, 9.17) is 5.14 Å². The van der Waals surface area contributed by atoms with Gasteiger partial charge in [0.2, 0.25) is 0 Å². The van der Waals surface area contributed by atoms with Crippen LogP contribution in [0.15, 0.2) is 65.8 Å². The summed E-state index contributed by atoms with van der Waals surface area (Å²) < 4.78 is 13.1. The van der Waals surface area contributed by atoms with Crippen LogP contribution >= 0.6 is 0 Å². The lowest BCUT2D eigenvalue weighted by atomic mass is 10.0. The molecule has 2 aromatic heterocycles. The van der Waals surface area contributed by atoms with Crippen LogP contribution in [0.3, 0.4) is 0 Å². The molecule has 1 aliphatic rings. The normalized spacial score (nSPS) is 13.9. The van der Waals surface area contributed by atoms with Crippen LogP contribution in [0.25, 0.3) is 16.9 Å². The molecular weight excluding hydrogens is 388 g/mol. The van der Waals surface area contributed by atoms with Crippen molar-refractivity contribution in [1.82, 2.24) is 19.9 Å². The summed E-state index contributed by atoms with van der Waals surface area (Å²) in [5, 5.41) is 15.9. The van der Waals surface area contributed by atoms with Crippen molar-refractivity contribution in [2.45, 2.75) is 11.4 Å². The molecule has 2 aromatic carbocycles. The third-order valence-electron chi connectivity index (χ3n) is 4.88. The lowest BCUT2D eigenvalue weighted by Crippen LogP contribution is -2.12. The monoisotopic (exact) mass is 404 g/mol. The van der Waals surface area contributed by atoms with Crippen molar-refractivity contribution in [3.63, 3.8) is 0 Å². The van der Waals surface area contributed by atoms with Gasteiger partial charge in [-0.15, -0.1) is 0 Å². The average Bonchev–Trinajstić information content (AvgIpc) is 3.36. The fourth-order valence-electron chi connectivity index (χ4n) is 3.44. The van der Waals surface area contributed by atoms with Gasteiger partial charge in [0.25, 0.3) is 5.91 Å². The molecule has 0 saturated carbocycles. The molecule has 1 amide bonds. The lowest BCUT2D eigenvalue weighted by Gasteiger charge is -2.11. The summed E-state index contributed by atoms with van der Waals surface area (Å²) in [4.78, 5) is 16.7. The highest BCUT2D eigenvalue weighted by molar-refractivity contribution is 7.82. The zero-order chi connectivity index (χ0) is 20.0. The number of nitrogens with two attached hydrogens (primary N) is 1. The van der Waals surface area contributed by atoms with Gasteiger partial charge < -0.3 is 10.6 Å². The SMILES string of the molecule is NS(=O)c1ccc(Nc2ccc(-c3ccc4c(c3)CNC4=O)n3ncnc23)cc1. The Balaban J connectivity index is 1.52. The highest BCUT2D eigenvalue weighted by Crippen LogP contribution is 2.29. The Labute approximate surface area is 168 Å². The number of benzene rings is 2. The fourth-order valence-corrected chi connectivity index (χ4v) is 3.85. The first-order valence-corrected chi connectivity index (χ1v) is 10.1. The highest BCUT2D eigenvalue weighted by atomic mass is 32.2. The molecule has 9 heteroatoms. The number of nitrogens with zero attached hydrogens (tertiary/aromatic N) is 3. The van der Waals surface area contributed by atoms with E-state index in [0.29, 0.717) is 22.7 Å². The molecular formula is C20H16N6O2S. The van der Waals surface area contributed by atoms with E-state index in [2.05, 4.69) is 20.7 Å². The topological polar surface area (TPSA) is 114 Å². The largest absolute Gasteiger partial charge is 0.352 e. The van der Waals surface area contributed by atoms with Crippen LogP contribution in [-0.4, -0.2) is 24.7 Å². The van der Waals surface area contributed by atoms with Gasteiger partial charge in [0, 0.05) is 23.4 Å². The smallest absolute Gasteiger partial charge is 0.251 e. The minimum Gasteiger partial charge on any atom is -0.352 e. The molecule has 0 radical (unpaired) electrons. The van der Waals surface area contributed by atoms with Crippen molar-refractivity contribution >= 4 is 33.9 Å². The summed E-state index contributed by atoms with van der Waals surface area (Å²) in [7, 11) is -1.51. The minimum atomic E-state index is -1.51. The van der Waals surface area contributed by atoms with Crippen LogP contribution in [-0.2, 0) is 17.5 Å². The van der Waals surface area contributed by atoms with Gasteiger partial charge in [-0.25, -0.2) is 18.8 Å². The number of carbonyl (C=O) groups excluding carboxylic acids is 1. The molecule has 5 rings (SSSR count). The first kappa shape index (κ1) is 17.5. The quantitative estimate of drug-likeness (QED) is 0.483. The van der Waals surface area contributed by atoms with Gasteiger partial charge in [0.15, 0.2) is 5.65 Å². The summed E-state index contributed by atoms with van der Waals surface area (Å²) >= 11 is 0. The van der Waals surface area contributed by atoms with Crippen molar-refractivity contribution in [3.05, 3.63) is 72.1 Å². The van der Waals surface area contributed by atoms with E-state index in [9.17, 15) is 9.00 Å². The molecule has 8 nitrogen and oxygen atoms in total. The van der Waals surface area contributed by atoms with Crippen molar-refractivity contribution < 1.29 is 9.00 Å². The molecule has 0 fully saturated rings. The molecule has 1 atom stereocenters. The van der Waals surface area contributed by atoms with E-state index in [1.54, 1.807) is 16.6 Å². The van der Waals surface area contributed by atoms with Crippen molar-refractivity contribution in [2.24, 2.45) is 5.14 Å². The average molecular weight is 404 g/mol. The first-order chi connectivity index (χ1) is 14.1. The van der Waals surface area contributed by atoms with E-state index < -0.39 is 11.0 Å². The predicted molar refractivity (Wildman–Crippen MR) is 110 cm³/mol. The van der Waals surface area contributed by atoms with Gasteiger partial charge in [-0.3, -0.25) is 4.79 Å². The number of hydrogen-bond donors (Lipinski definition) is 3. The van der Waals surface area contributed by atoms with Crippen molar-refractivity contribution in [1.29, 1.82) is 0 Å². The Kier molecular flexibility index (Phi) is 4.11. The fraction of sp³-hybridized carbons (Fsp3) is 0.0500. The van der Waals surface area contributed by atoms with Crippen LogP contribution in [0.4, 0.5) is 11.4 Å². The minimum absolute atomic E-state index is 0.0403. The van der Waals surface area contributed by atoms with Gasteiger partial charge >= 0.3 is 0 Å². The van der Waals surface area contributed by atoms with Gasteiger partial charge in [-0.1, -0.05) is 6.07 Å². The van der Waals surface area contributed by atoms with E-state index >= 15 is 0 Å². The third kappa shape index (κ3) is 3.06. The zero-order valence-electron chi connectivity index (χ0n) is 15.1. The summed E-state index contributed by atoms with van der Waals surface area (Å²) in [5.74, 6) is -0.0403. The second kappa shape index (κ2) is 6.80. The highest BCUT2D eigenvalue weighted by Gasteiger charge is 2.20. The molecule has 0 saturated heterocycles. The van der Waals surface area contributed by atoms with Gasteiger partial charge in [0.05, 0.1) is 16.3 Å². The van der Waals surface area contributed by atoms with Gasteiger partial charge in [-0.05, 0) is 54.1 Å². The standard InChI is InChI=1S/C20H16N6O2S/c21-29(28)15-4-2-14(3-5-15)25-17-7-8-18(26-19(17)23-11-24-26)12-1-6-16-13(9-12)10-22-20(16)27/h1-9,11,25H,10,21H2,(H,22,27). The zero-order valence-corrected chi connectivity index (χ0v) is 15.9. The number of amides is 1. The van der Waals surface area contributed by atoms with E-state index in [0.717, 1.165) is 28.2 Å². The predicted octanol–water partition coefficient (Wildman–Crippen LogP) is 2.36. The maximum absolute atomic E-state index is 11.8. The lowest BCUT2D eigenvalue weighted by molar-refractivity contribution is 0.0965. The number of hydrogen-bond acceptors (Lipinski definition) is 5. The maximum Gasteiger partial charge on any atom is 0.251 e. The summed E-state index contributed by atoms with van der Waals surface area (Å²) in [6.07, 6.45) is 1.50. The Morgan fingerprint density at radius 1 is 1.10 bits per heavy atom. The molecule has 1 unspecified atom stereocenters. The summed E-state index contributed by atoms with van der Waals surface area (Å²) in [6, 6.07) is 16.7. The molecule has 0 aliphatic carbocycles. The van der Waals surface area contributed by atoms with Crippen LogP contribution in [0.5, 0.6) is 0 Å². The molecule has 1 aliphatic heterocycles. The van der Waals surface area contributed by atoms with Crippen LogP contribution < -0.4 is 15.8 Å². The Bertz CT molecular complexity index is 1280. The van der Waals surface area contributed by atoms with Crippen LogP contribution in [0.2, 0.25) is 0 Å². The van der Waals surface area contributed by atoms with Gasteiger partial charge in [-0.2, -0.15) is 5.10 Å². The Hall–Kier alpha value is -3.56. The van der Waals surface area contributed by atoms with Crippen molar-refractivity contribution in [3.8, 4) is 11.3 Å². The Morgan fingerprint density at radius 2 is 1.93 bits per heavy atom. The number of carbonyl (C=O) groups is 1. The molecule has 29 heavy (non-hydrogen) atoms.